The van der Waals surface area contributed by atoms with Crippen molar-refractivity contribution in [2.24, 2.45) is 11.7 Å². The standard InChI is InChI=1S/C14H20Cl2N2O/c1-9(19)11-5-12(17)8-18(7-11)6-10-2-3-13(15)14(16)4-10/h2-4,9,11-12,19H,5-8,17H2,1H3. The van der Waals surface area contributed by atoms with Gasteiger partial charge < -0.3 is 10.8 Å². The van der Waals surface area contributed by atoms with Gasteiger partial charge in [0.25, 0.3) is 0 Å². The topological polar surface area (TPSA) is 49.5 Å². The molecule has 106 valence electrons. The summed E-state index contributed by atoms with van der Waals surface area (Å²) in [5.41, 5.74) is 7.18. The molecule has 1 heterocycles. The molecule has 0 aromatic heterocycles. The fourth-order valence-corrected chi connectivity index (χ4v) is 2.97. The van der Waals surface area contributed by atoms with Crippen molar-refractivity contribution in [1.29, 1.82) is 0 Å². The van der Waals surface area contributed by atoms with E-state index >= 15 is 0 Å². The summed E-state index contributed by atoms with van der Waals surface area (Å²) in [6.07, 6.45) is 0.567. The molecule has 2 rings (SSSR count). The van der Waals surface area contributed by atoms with E-state index in [0.29, 0.717) is 10.0 Å². The normalized spacial score (nSPS) is 26.4. The van der Waals surface area contributed by atoms with E-state index in [1.165, 1.54) is 0 Å². The van der Waals surface area contributed by atoms with E-state index in [4.69, 9.17) is 28.9 Å². The molecule has 0 amide bonds. The van der Waals surface area contributed by atoms with Crippen LogP contribution in [-0.2, 0) is 6.54 Å². The number of nitrogens with zero attached hydrogens (tertiary/aromatic N) is 1. The molecule has 1 aliphatic rings. The molecule has 0 aliphatic carbocycles. The predicted octanol–water partition coefficient (Wildman–Crippen LogP) is 2.52. The van der Waals surface area contributed by atoms with Gasteiger partial charge in [-0.2, -0.15) is 0 Å². The smallest absolute Gasteiger partial charge is 0.0595 e. The number of likely N-dealkylation sites (tertiary alicyclic amines) is 1. The summed E-state index contributed by atoms with van der Waals surface area (Å²) < 4.78 is 0. The predicted molar refractivity (Wildman–Crippen MR) is 79.5 cm³/mol. The Morgan fingerprint density at radius 1 is 1.37 bits per heavy atom. The van der Waals surface area contributed by atoms with Crippen molar-refractivity contribution < 1.29 is 5.11 Å². The second kappa shape index (κ2) is 6.42. The first-order valence-corrected chi connectivity index (χ1v) is 7.31. The van der Waals surface area contributed by atoms with Gasteiger partial charge in [0.15, 0.2) is 0 Å². The molecule has 3 atom stereocenters. The van der Waals surface area contributed by atoms with Crippen molar-refractivity contribution in [2.75, 3.05) is 13.1 Å². The molecule has 1 aromatic carbocycles. The molecule has 5 heteroatoms. The number of hydrogen-bond donors (Lipinski definition) is 2. The molecule has 1 aliphatic heterocycles. The number of aliphatic hydroxyl groups excluding tert-OH is 1. The summed E-state index contributed by atoms with van der Waals surface area (Å²) in [4.78, 5) is 2.27. The van der Waals surface area contributed by atoms with Crippen LogP contribution in [0.15, 0.2) is 18.2 Å². The third kappa shape index (κ3) is 4.07. The van der Waals surface area contributed by atoms with Crippen molar-refractivity contribution in [3.63, 3.8) is 0 Å². The maximum absolute atomic E-state index is 9.74. The Balaban J connectivity index is 2.03. The van der Waals surface area contributed by atoms with Crippen molar-refractivity contribution in [1.82, 2.24) is 4.90 Å². The van der Waals surface area contributed by atoms with Crippen LogP contribution < -0.4 is 5.73 Å². The summed E-state index contributed by atoms with van der Waals surface area (Å²) in [6.45, 7) is 4.34. The Hall–Kier alpha value is -0.320. The zero-order valence-corrected chi connectivity index (χ0v) is 12.5. The average Bonchev–Trinajstić information content (AvgIpc) is 2.33. The molecule has 19 heavy (non-hydrogen) atoms. The van der Waals surface area contributed by atoms with E-state index in [1.54, 1.807) is 0 Å². The van der Waals surface area contributed by atoms with E-state index in [9.17, 15) is 5.11 Å². The summed E-state index contributed by atoms with van der Waals surface area (Å²) >= 11 is 11.9. The largest absolute Gasteiger partial charge is 0.393 e. The Morgan fingerprint density at radius 2 is 2.11 bits per heavy atom. The fraction of sp³-hybridized carbons (Fsp3) is 0.571. The SMILES string of the molecule is CC(O)C1CC(N)CN(Cc2ccc(Cl)c(Cl)c2)C1. The van der Waals surface area contributed by atoms with Gasteiger partial charge >= 0.3 is 0 Å². The minimum Gasteiger partial charge on any atom is -0.393 e. The highest BCUT2D eigenvalue weighted by Crippen LogP contribution is 2.25. The minimum atomic E-state index is -0.317. The van der Waals surface area contributed by atoms with Gasteiger partial charge in [0.2, 0.25) is 0 Å². The molecule has 3 nitrogen and oxygen atoms in total. The molecule has 1 saturated heterocycles. The zero-order valence-electron chi connectivity index (χ0n) is 11.0. The van der Waals surface area contributed by atoms with Crippen LogP contribution in [-0.4, -0.2) is 35.2 Å². The number of aliphatic hydroxyl groups is 1. The molecule has 1 aromatic rings. The highest BCUT2D eigenvalue weighted by Gasteiger charge is 2.27. The monoisotopic (exact) mass is 302 g/mol. The van der Waals surface area contributed by atoms with E-state index in [0.717, 1.165) is 31.6 Å². The highest BCUT2D eigenvalue weighted by molar-refractivity contribution is 6.42. The van der Waals surface area contributed by atoms with Crippen LogP contribution in [0, 0.1) is 5.92 Å². The van der Waals surface area contributed by atoms with Gasteiger partial charge in [-0.3, -0.25) is 4.90 Å². The van der Waals surface area contributed by atoms with Gasteiger partial charge in [0.1, 0.15) is 0 Å². The lowest BCUT2D eigenvalue weighted by atomic mass is 9.90. The number of halogens is 2. The molecule has 0 saturated carbocycles. The van der Waals surface area contributed by atoms with E-state index in [1.807, 2.05) is 25.1 Å². The van der Waals surface area contributed by atoms with Gasteiger partial charge in [-0.05, 0) is 37.0 Å². The lowest BCUT2D eigenvalue weighted by molar-refractivity contribution is 0.0516. The number of rotatable bonds is 3. The van der Waals surface area contributed by atoms with Crippen molar-refractivity contribution in [2.45, 2.75) is 32.0 Å². The van der Waals surface area contributed by atoms with E-state index in [-0.39, 0.29) is 18.1 Å². The van der Waals surface area contributed by atoms with Crippen molar-refractivity contribution >= 4 is 23.2 Å². The summed E-state index contributed by atoms with van der Waals surface area (Å²) in [6, 6.07) is 5.80. The molecule has 3 unspecified atom stereocenters. The van der Waals surface area contributed by atoms with E-state index in [2.05, 4.69) is 4.90 Å². The number of hydrogen-bond acceptors (Lipinski definition) is 3. The average molecular weight is 303 g/mol. The van der Waals surface area contributed by atoms with Crippen LogP contribution >= 0.6 is 23.2 Å². The van der Waals surface area contributed by atoms with Gasteiger partial charge in [-0.25, -0.2) is 0 Å². The molecular formula is C14H20Cl2N2O. The first-order chi connectivity index (χ1) is 8.95. The van der Waals surface area contributed by atoms with Crippen LogP contribution in [0.3, 0.4) is 0 Å². The third-order valence-electron chi connectivity index (χ3n) is 3.66. The zero-order chi connectivity index (χ0) is 14.0. The van der Waals surface area contributed by atoms with Gasteiger partial charge in [-0.1, -0.05) is 29.3 Å². The summed E-state index contributed by atoms with van der Waals surface area (Å²) in [5, 5.41) is 10.9. The second-order valence-electron chi connectivity index (χ2n) is 5.44. The van der Waals surface area contributed by atoms with Crippen LogP contribution in [0.4, 0.5) is 0 Å². The lowest BCUT2D eigenvalue weighted by Crippen LogP contribution is -2.49. The van der Waals surface area contributed by atoms with Crippen LogP contribution in [0.25, 0.3) is 0 Å². The highest BCUT2D eigenvalue weighted by atomic mass is 35.5. The Kier molecular flexibility index (Phi) is 5.09. The Bertz CT molecular complexity index is 439. The summed E-state index contributed by atoms with van der Waals surface area (Å²) in [7, 11) is 0. The van der Waals surface area contributed by atoms with Crippen LogP contribution in [0.5, 0.6) is 0 Å². The molecule has 3 N–H and O–H groups in total. The van der Waals surface area contributed by atoms with Gasteiger partial charge in [0.05, 0.1) is 16.1 Å². The second-order valence-corrected chi connectivity index (χ2v) is 6.25. The first-order valence-electron chi connectivity index (χ1n) is 6.55. The van der Waals surface area contributed by atoms with E-state index < -0.39 is 0 Å². The maximum Gasteiger partial charge on any atom is 0.0595 e. The third-order valence-corrected chi connectivity index (χ3v) is 4.40. The van der Waals surface area contributed by atoms with Crippen LogP contribution in [0.2, 0.25) is 10.0 Å². The minimum absolute atomic E-state index is 0.121. The first kappa shape index (κ1) is 15.1. The molecular weight excluding hydrogens is 283 g/mol. The molecule has 0 spiro atoms. The maximum atomic E-state index is 9.74. The quantitative estimate of drug-likeness (QED) is 0.902. The van der Waals surface area contributed by atoms with Gasteiger partial charge in [-0.15, -0.1) is 0 Å². The number of benzene rings is 1. The lowest BCUT2D eigenvalue weighted by Gasteiger charge is -2.37. The number of piperidine rings is 1. The Labute approximate surface area is 124 Å². The Morgan fingerprint density at radius 3 is 2.74 bits per heavy atom. The van der Waals surface area contributed by atoms with Crippen molar-refractivity contribution in [3.8, 4) is 0 Å². The number of nitrogens with two attached hydrogens (primary N) is 1. The summed E-state index contributed by atoms with van der Waals surface area (Å²) in [5.74, 6) is 0.242. The van der Waals surface area contributed by atoms with Gasteiger partial charge in [0, 0.05) is 25.7 Å². The molecule has 1 fully saturated rings. The van der Waals surface area contributed by atoms with Crippen LogP contribution in [0.1, 0.15) is 18.9 Å². The van der Waals surface area contributed by atoms with Crippen molar-refractivity contribution in [3.05, 3.63) is 33.8 Å². The molecule has 0 bridgehead atoms. The molecule has 0 radical (unpaired) electrons. The fourth-order valence-electron chi connectivity index (χ4n) is 2.65.